The summed E-state index contributed by atoms with van der Waals surface area (Å²) in [4.78, 5) is 35.1. The molecule has 2 aromatic rings. The average molecular weight is 588 g/mol. The number of carbonyl (C=O) groups excluding carboxylic acids is 2. The van der Waals surface area contributed by atoms with Crippen LogP contribution >= 0.6 is 0 Å². The van der Waals surface area contributed by atoms with Gasteiger partial charge < -0.3 is 26.0 Å². The van der Waals surface area contributed by atoms with Crippen molar-refractivity contribution in [1.82, 2.24) is 10.6 Å². The predicted octanol–water partition coefficient (Wildman–Crippen LogP) is 3.02. The highest BCUT2D eigenvalue weighted by molar-refractivity contribution is 7.92. The summed E-state index contributed by atoms with van der Waals surface area (Å²) in [6, 6.07) is 11.1. The molecule has 1 fully saturated rings. The van der Waals surface area contributed by atoms with Gasteiger partial charge in [-0.3, -0.25) is 14.3 Å². The Morgan fingerprint density at radius 3 is 2.15 bits per heavy atom. The Hall–Kier alpha value is -3.85. The van der Waals surface area contributed by atoms with Crippen LogP contribution in [0, 0.1) is 0 Å². The second-order valence-electron chi connectivity index (χ2n) is 8.56. The van der Waals surface area contributed by atoms with Gasteiger partial charge >= 0.3 is 12.1 Å². The fourth-order valence-electron chi connectivity index (χ4n) is 3.45. The fraction of sp³-hybridized carbons (Fsp3) is 0.400. The lowest BCUT2D eigenvalue weighted by molar-refractivity contribution is -0.192. The highest BCUT2D eigenvalue weighted by Crippen LogP contribution is 2.30. The van der Waals surface area contributed by atoms with Gasteiger partial charge in [0.2, 0.25) is 5.91 Å². The molecule has 1 heterocycles. The minimum atomic E-state index is -5.08. The van der Waals surface area contributed by atoms with Crippen molar-refractivity contribution in [2.75, 3.05) is 47.7 Å². The van der Waals surface area contributed by atoms with E-state index in [0.29, 0.717) is 29.9 Å². The molecule has 0 unspecified atom stereocenters. The molecule has 0 aliphatic carbocycles. The monoisotopic (exact) mass is 587 g/mol. The lowest BCUT2D eigenvalue weighted by Gasteiger charge is -2.31. The zero-order valence-corrected chi connectivity index (χ0v) is 22.8. The van der Waals surface area contributed by atoms with Gasteiger partial charge in [0, 0.05) is 50.4 Å². The summed E-state index contributed by atoms with van der Waals surface area (Å²) in [7, 11) is -3.92. The molecule has 220 valence electrons. The summed E-state index contributed by atoms with van der Waals surface area (Å²) in [5.41, 5.74) is 1.98. The van der Waals surface area contributed by atoms with Crippen LogP contribution in [-0.2, 0) is 19.6 Å². The van der Waals surface area contributed by atoms with Crippen molar-refractivity contribution in [2.24, 2.45) is 0 Å². The smallest absolute Gasteiger partial charge is 0.475 e. The molecular weight excluding hydrogens is 555 g/mol. The van der Waals surface area contributed by atoms with Crippen molar-refractivity contribution < 1.29 is 41.1 Å². The molecule has 1 saturated heterocycles. The van der Waals surface area contributed by atoms with Gasteiger partial charge in [0.1, 0.15) is 0 Å². The van der Waals surface area contributed by atoms with E-state index in [1.54, 1.807) is 37.3 Å². The van der Waals surface area contributed by atoms with Crippen molar-refractivity contribution in [3.05, 3.63) is 48.0 Å². The molecule has 15 heteroatoms. The third-order valence-electron chi connectivity index (χ3n) is 5.51. The van der Waals surface area contributed by atoms with Gasteiger partial charge in [0.05, 0.1) is 16.3 Å². The third-order valence-corrected chi connectivity index (χ3v) is 6.89. The summed E-state index contributed by atoms with van der Waals surface area (Å²) in [5, 5.41) is 15.9. The average Bonchev–Trinajstić information content (AvgIpc) is 2.92. The van der Waals surface area contributed by atoms with Crippen LogP contribution in [-0.4, -0.2) is 70.2 Å². The van der Waals surface area contributed by atoms with Crippen LogP contribution in [0.25, 0.3) is 0 Å². The van der Waals surface area contributed by atoms with E-state index in [4.69, 9.17) is 9.90 Å². The fourth-order valence-corrected chi connectivity index (χ4v) is 4.52. The minimum Gasteiger partial charge on any atom is -0.475 e. The zero-order chi connectivity index (χ0) is 29.9. The van der Waals surface area contributed by atoms with Crippen LogP contribution in [0.2, 0.25) is 0 Å². The number of carbonyl (C=O) groups is 3. The van der Waals surface area contributed by atoms with Crippen LogP contribution in [0.4, 0.5) is 30.2 Å². The molecule has 0 atom stereocenters. The van der Waals surface area contributed by atoms with Crippen LogP contribution in [0.5, 0.6) is 0 Å². The molecule has 0 saturated carbocycles. The molecule has 2 amide bonds. The summed E-state index contributed by atoms with van der Waals surface area (Å²) in [5.74, 6) is -3.16. The number of alkyl halides is 3. The summed E-state index contributed by atoms with van der Waals surface area (Å²) >= 11 is 0. The largest absolute Gasteiger partial charge is 0.490 e. The SMILES string of the molecule is CCCNC(=O)c1ccc(N2CCNCC2)c(NS(=O)(=O)c2ccc(NC(=O)CC)cc2)c1.O=C(O)C(F)(F)F. The summed E-state index contributed by atoms with van der Waals surface area (Å²) in [6.07, 6.45) is -3.95. The molecule has 0 spiro atoms. The second kappa shape index (κ2) is 14.5. The highest BCUT2D eigenvalue weighted by atomic mass is 32.2. The normalized spacial score (nSPS) is 13.5. The highest BCUT2D eigenvalue weighted by Gasteiger charge is 2.38. The number of rotatable bonds is 9. The van der Waals surface area contributed by atoms with Gasteiger partial charge in [-0.15, -0.1) is 0 Å². The third kappa shape index (κ3) is 9.72. The van der Waals surface area contributed by atoms with Gasteiger partial charge in [-0.2, -0.15) is 13.2 Å². The number of nitrogens with zero attached hydrogens (tertiary/aromatic N) is 1. The van der Waals surface area contributed by atoms with E-state index in [1.807, 2.05) is 6.92 Å². The number of carboxylic acids is 1. The summed E-state index contributed by atoms with van der Waals surface area (Å²) in [6.45, 7) is 7.27. The molecule has 5 N–H and O–H groups in total. The Balaban J connectivity index is 0.000000708. The number of anilines is 3. The molecule has 0 radical (unpaired) electrons. The summed E-state index contributed by atoms with van der Waals surface area (Å²) < 4.78 is 60.7. The van der Waals surface area contributed by atoms with Crippen LogP contribution < -0.4 is 25.6 Å². The van der Waals surface area contributed by atoms with E-state index < -0.39 is 22.2 Å². The molecule has 1 aliphatic rings. The van der Waals surface area contributed by atoms with Crippen LogP contribution in [0.3, 0.4) is 0 Å². The van der Waals surface area contributed by atoms with Crippen molar-refractivity contribution in [2.45, 2.75) is 37.8 Å². The van der Waals surface area contributed by atoms with E-state index in [9.17, 15) is 31.2 Å². The standard InChI is InChI=1S/C23H31N5O4S.C2HF3O2/c1-3-11-25-23(30)17-5-10-21(28-14-12-24-13-15-28)20(16-17)27-33(31,32)19-8-6-18(7-9-19)26-22(29)4-2;3-2(4,5)1(6)7/h5-10,16,24,27H,3-4,11-15H2,1-2H3,(H,25,30)(H,26,29);(H,6,7). The van der Waals surface area contributed by atoms with E-state index in [-0.39, 0.29) is 16.7 Å². The number of piperazine rings is 1. The van der Waals surface area contributed by atoms with Gasteiger partial charge in [-0.05, 0) is 48.9 Å². The van der Waals surface area contributed by atoms with Crippen molar-refractivity contribution in [3.8, 4) is 0 Å². The van der Waals surface area contributed by atoms with Gasteiger partial charge in [0.15, 0.2) is 0 Å². The van der Waals surface area contributed by atoms with Crippen molar-refractivity contribution >= 4 is 44.9 Å². The molecule has 3 rings (SSSR count). The molecular formula is C25H32F3N5O6S. The first-order valence-electron chi connectivity index (χ1n) is 12.4. The minimum absolute atomic E-state index is 0.0593. The molecule has 0 aromatic heterocycles. The van der Waals surface area contributed by atoms with Crippen molar-refractivity contribution in [3.63, 3.8) is 0 Å². The number of nitrogens with one attached hydrogen (secondary N) is 4. The first-order valence-corrected chi connectivity index (χ1v) is 13.9. The Morgan fingerprint density at radius 1 is 1.02 bits per heavy atom. The second-order valence-corrected chi connectivity index (χ2v) is 10.2. The Kier molecular flexibility index (Phi) is 11.7. The zero-order valence-electron chi connectivity index (χ0n) is 22.0. The Labute approximate surface area is 230 Å². The molecule has 11 nitrogen and oxygen atoms in total. The van der Waals surface area contributed by atoms with E-state index in [1.165, 1.54) is 12.1 Å². The maximum absolute atomic E-state index is 13.1. The number of halogens is 3. The quantitative estimate of drug-likeness (QED) is 0.300. The maximum atomic E-state index is 13.1. The maximum Gasteiger partial charge on any atom is 0.490 e. The number of carboxylic acid groups (broad SMARTS) is 1. The number of hydrogen-bond acceptors (Lipinski definition) is 7. The number of benzene rings is 2. The number of aliphatic carboxylic acids is 1. The van der Waals surface area contributed by atoms with Gasteiger partial charge in [-0.25, -0.2) is 13.2 Å². The molecule has 1 aliphatic heterocycles. The number of hydrogen-bond donors (Lipinski definition) is 5. The lowest BCUT2D eigenvalue weighted by Crippen LogP contribution is -2.43. The first-order chi connectivity index (χ1) is 18.8. The molecule has 40 heavy (non-hydrogen) atoms. The Bertz CT molecular complexity index is 1280. The van der Waals surface area contributed by atoms with Gasteiger partial charge in [-0.1, -0.05) is 13.8 Å². The lowest BCUT2D eigenvalue weighted by atomic mass is 10.1. The first kappa shape index (κ1) is 32.4. The van der Waals surface area contributed by atoms with Crippen molar-refractivity contribution in [1.29, 1.82) is 0 Å². The van der Waals surface area contributed by atoms with Gasteiger partial charge in [0.25, 0.3) is 15.9 Å². The Morgan fingerprint density at radius 2 is 1.62 bits per heavy atom. The van der Waals surface area contributed by atoms with E-state index in [0.717, 1.165) is 38.3 Å². The molecule has 2 aromatic carbocycles. The van der Waals surface area contributed by atoms with Crippen LogP contribution in [0.15, 0.2) is 47.4 Å². The van der Waals surface area contributed by atoms with E-state index >= 15 is 0 Å². The topological polar surface area (TPSA) is 157 Å². The van der Waals surface area contributed by atoms with E-state index in [2.05, 4.69) is 25.6 Å². The molecule has 0 bridgehead atoms. The van der Waals surface area contributed by atoms with Crippen LogP contribution in [0.1, 0.15) is 37.0 Å². The number of amides is 2. The number of sulfonamides is 1. The predicted molar refractivity (Wildman–Crippen MR) is 144 cm³/mol.